The Bertz CT molecular complexity index is 539. The van der Waals surface area contributed by atoms with Crippen molar-refractivity contribution < 1.29 is 14.6 Å². The van der Waals surface area contributed by atoms with Gasteiger partial charge in [0, 0.05) is 18.0 Å². The third-order valence-corrected chi connectivity index (χ3v) is 3.58. The third kappa shape index (κ3) is 3.56. The van der Waals surface area contributed by atoms with Gasteiger partial charge in [0.1, 0.15) is 5.75 Å². The number of methoxy groups -OCH3 is 1. The average Bonchev–Trinajstić information content (AvgIpc) is 2.94. The number of benzene rings is 1. The van der Waals surface area contributed by atoms with Crippen molar-refractivity contribution >= 4 is 17.2 Å². The molecule has 0 spiro atoms. The lowest BCUT2D eigenvalue weighted by molar-refractivity contribution is 0.0920. The molecule has 0 aliphatic rings. The maximum Gasteiger partial charge on any atom is 0.261 e. The van der Waals surface area contributed by atoms with Crippen molar-refractivity contribution in [3.8, 4) is 5.75 Å². The number of hydrogen-bond donors (Lipinski definition) is 2. The van der Waals surface area contributed by atoms with Gasteiger partial charge in [0.25, 0.3) is 5.91 Å². The van der Waals surface area contributed by atoms with Crippen molar-refractivity contribution in [1.82, 2.24) is 5.32 Å². The summed E-state index contributed by atoms with van der Waals surface area (Å²) in [5.41, 5.74) is 0.784. The Labute approximate surface area is 115 Å². The molecule has 1 heterocycles. The highest BCUT2D eigenvalue weighted by Gasteiger charge is 2.12. The number of rotatable bonds is 5. The molecule has 1 aromatic heterocycles. The Morgan fingerprint density at radius 2 is 2.16 bits per heavy atom. The summed E-state index contributed by atoms with van der Waals surface area (Å²) >= 11 is 1.31. The van der Waals surface area contributed by atoms with Crippen molar-refractivity contribution in [3.63, 3.8) is 0 Å². The van der Waals surface area contributed by atoms with Crippen LogP contribution >= 0.6 is 11.3 Å². The Kier molecular flexibility index (Phi) is 4.54. The van der Waals surface area contributed by atoms with Crippen LogP contribution in [0.15, 0.2) is 41.8 Å². The highest BCUT2D eigenvalue weighted by molar-refractivity contribution is 7.12. The maximum atomic E-state index is 11.8. The summed E-state index contributed by atoms with van der Waals surface area (Å²) in [5.74, 6) is 0.460. The molecule has 4 nitrogen and oxygen atoms in total. The second kappa shape index (κ2) is 6.36. The van der Waals surface area contributed by atoms with E-state index in [1.807, 2.05) is 30.3 Å². The monoisotopic (exact) mass is 277 g/mol. The third-order valence-electron chi connectivity index (χ3n) is 2.68. The van der Waals surface area contributed by atoms with Crippen LogP contribution in [0.5, 0.6) is 5.75 Å². The Morgan fingerprint density at radius 3 is 2.79 bits per heavy atom. The number of amides is 1. The van der Waals surface area contributed by atoms with Crippen LogP contribution in [0.25, 0.3) is 0 Å². The minimum absolute atomic E-state index is 0.184. The summed E-state index contributed by atoms with van der Waals surface area (Å²) in [6, 6.07) is 10.9. The normalized spacial score (nSPS) is 11.9. The molecule has 1 amide bonds. The van der Waals surface area contributed by atoms with E-state index in [-0.39, 0.29) is 12.5 Å². The number of hydrogen-bond acceptors (Lipinski definition) is 4. The molecule has 0 aliphatic carbocycles. The highest BCUT2D eigenvalue weighted by atomic mass is 32.1. The first-order valence-corrected chi connectivity index (χ1v) is 6.72. The molecule has 0 radical (unpaired) electrons. The summed E-state index contributed by atoms with van der Waals surface area (Å²) in [6.45, 7) is 0.184. The van der Waals surface area contributed by atoms with Crippen LogP contribution in [0.4, 0.5) is 0 Å². The van der Waals surface area contributed by atoms with Crippen LogP contribution in [-0.2, 0) is 0 Å². The summed E-state index contributed by atoms with van der Waals surface area (Å²) < 4.78 is 5.02. The first-order chi connectivity index (χ1) is 9.20. The molecule has 5 heteroatoms. The van der Waals surface area contributed by atoms with Gasteiger partial charge in [0.2, 0.25) is 0 Å². The molecule has 0 bridgehead atoms. The zero-order valence-corrected chi connectivity index (χ0v) is 11.3. The summed E-state index contributed by atoms with van der Waals surface area (Å²) in [6.07, 6.45) is -0.702. The summed E-state index contributed by atoms with van der Waals surface area (Å²) in [4.78, 5) is 12.4. The van der Waals surface area contributed by atoms with Gasteiger partial charge in [0.05, 0.1) is 18.1 Å². The average molecular weight is 277 g/mol. The van der Waals surface area contributed by atoms with E-state index in [0.717, 1.165) is 5.56 Å². The second-order valence-electron chi connectivity index (χ2n) is 3.99. The van der Waals surface area contributed by atoms with Gasteiger partial charge in [-0.05, 0) is 5.56 Å². The van der Waals surface area contributed by atoms with Crippen LogP contribution in [0.3, 0.4) is 0 Å². The molecule has 19 heavy (non-hydrogen) atoms. The number of aliphatic hydroxyl groups excluding tert-OH is 1. The molecule has 1 unspecified atom stereocenters. The first kappa shape index (κ1) is 13.6. The van der Waals surface area contributed by atoms with E-state index < -0.39 is 6.10 Å². The largest absolute Gasteiger partial charge is 0.496 e. The Hall–Kier alpha value is -1.85. The van der Waals surface area contributed by atoms with Crippen molar-refractivity contribution in [2.24, 2.45) is 0 Å². The summed E-state index contributed by atoms with van der Waals surface area (Å²) in [5, 5.41) is 14.4. The van der Waals surface area contributed by atoms with E-state index in [4.69, 9.17) is 4.74 Å². The molecule has 100 valence electrons. The lowest BCUT2D eigenvalue weighted by atomic mass is 10.1. The van der Waals surface area contributed by atoms with Gasteiger partial charge in [-0.15, -0.1) is 11.3 Å². The number of carbonyl (C=O) groups excluding carboxylic acids is 1. The lowest BCUT2D eigenvalue weighted by Crippen LogP contribution is -2.27. The van der Waals surface area contributed by atoms with Gasteiger partial charge in [0.15, 0.2) is 0 Å². The van der Waals surface area contributed by atoms with E-state index in [2.05, 4.69) is 5.32 Å². The van der Waals surface area contributed by atoms with Crippen molar-refractivity contribution in [2.75, 3.05) is 13.7 Å². The second-order valence-corrected chi connectivity index (χ2v) is 4.90. The molecule has 2 aromatic rings. The Balaban J connectivity index is 1.90. The lowest BCUT2D eigenvalue weighted by Gasteiger charge is -2.11. The quantitative estimate of drug-likeness (QED) is 0.881. The molecule has 1 atom stereocenters. The molecule has 0 fully saturated rings. The van der Waals surface area contributed by atoms with Gasteiger partial charge >= 0.3 is 0 Å². The van der Waals surface area contributed by atoms with Crippen molar-refractivity contribution in [2.45, 2.75) is 6.10 Å². The minimum atomic E-state index is -0.702. The molecule has 0 saturated carbocycles. The fourth-order valence-corrected chi connectivity index (χ4v) is 2.39. The van der Waals surface area contributed by atoms with E-state index in [0.29, 0.717) is 10.6 Å². The van der Waals surface area contributed by atoms with Gasteiger partial charge in [-0.3, -0.25) is 4.79 Å². The standard InChI is InChI=1S/C14H15NO3S/c1-18-11-7-13(19-9-11)14(17)15-8-12(16)10-5-3-2-4-6-10/h2-7,9,12,16H,8H2,1H3,(H,15,17). The Morgan fingerprint density at radius 1 is 1.42 bits per heavy atom. The van der Waals surface area contributed by atoms with E-state index in [1.165, 1.54) is 11.3 Å². The molecular formula is C14H15NO3S. The predicted octanol–water partition coefficient (Wildman–Crippen LogP) is 2.22. The van der Waals surface area contributed by atoms with Gasteiger partial charge < -0.3 is 15.2 Å². The fraction of sp³-hybridized carbons (Fsp3) is 0.214. The number of thiophene rings is 1. The van der Waals surface area contributed by atoms with E-state index in [9.17, 15) is 9.90 Å². The van der Waals surface area contributed by atoms with Crippen LogP contribution in [0.1, 0.15) is 21.3 Å². The SMILES string of the molecule is COc1csc(C(=O)NCC(O)c2ccccc2)c1. The predicted molar refractivity (Wildman–Crippen MR) is 74.6 cm³/mol. The van der Waals surface area contributed by atoms with Crippen LogP contribution in [-0.4, -0.2) is 24.7 Å². The molecule has 2 N–H and O–H groups in total. The molecule has 1 aromatic carbocycles. The molecular weight excluding hydrogens is 262 g/mol. The number of aliphatic hydroxyl groups is 1. The van der Waals surface area contributed by atoms with E-state index in [1.54, 1.807) is 18.6 Å². The van der Waals surface area contributed by atoms with Crippen LogP contribution < -0.4 is 10.1 Å². The number of ether oxygens (including phenoxy) is 1. The highest BCUT2D eigenvalue weighted by Crippen LogP contribution is 2.21. The van der Waals surface area contributed by atoms with E-state index >= 15 is 0 Å². The van der Waals surface area contributed by atoms with Gasteiger partial charge in [-0.1, -0.05) is 30.3 Å². The number of nitrogens with one attached hydrogen (secondary N) is 1. The zero-order valence-electron chi connectivity index (χ0n) is 10.5. The van der Waals surface area contributed by atoms with Gasteiger partial charge in [-0.2, -0.15) is 0 Å². The zero-order chi connectivity index (χ0) is 13.7. The van der Waals surface area contributed by atoms with Crippen LogP contribution in [0, 0.1) is 0 Å². The molecule has 0 aliphatic heterocycles. The topological polar surface area (TPSA) is 58.6 Å². The van der Waals surface area contributed by atoms with Gasteiger partial charge in [-0.25, -0.2) is 0 Å². The van der Waals surface area contributed by atoms with Crippen molar-refractivity contribution in [3.05, 3.63) is 52.2 Å². The number of carbonyl (C=O) groups is 1. The molecule has 2 rings (SSSR count). The maximum absolute atomic E-state index is 11.8. The first-order valence-electron chi connectivity index (χ1n) is 5.84. The smallest absolute Gasteiger partial charge is 0.261 e. The summed E-state index contributed by atoms with van der Waals surface area (Å²) in [7, 11) is 1.56. The molecule has 0 saturated heterocycles. The van der Waals surface area contributed by atoms with Crippen LogP contribution in [0.2, 0.25) is 0 Å². The minimum Gasteiger partial charge on any atom is -0.496 e. The fourth-order valence-electron chi connectivity index (χ4n) is 1.61. The van der Waals surface area contributed by atoms with Crippen molar-refractivity contribution in [1.29, 1.82) is 0 Å².